The number of hydrogen-bond donors (Lipinski definition) is 0. The zero-order chi connectivity index (χ0) is 16.9. The standard InChI is InChI=1S/C18H24N4O2/c1-15-13-19-22(14-15)7-6-18(23)21-10-8-20(9-11-21)16-4-3-5-17(12-16)24-2/h3-5,12-14H,6-11H2,1-2H3. The van der Waals surface area contributed by atoms with Crippen LogP contribution in [-0.2, 0) is 11.3 Å². The molecule has 0 saturated carbocycles. The summed E-state index contributed by atoms with van der Waals surface area (Å²) in [5.74, 6) is 1.06. The summed E-state index contributed by atoms with van der Waals surface area (Å²) in [5.41, 5.74) is 2.27. The Morgan fingerprint density at radius 2 is 2.04 bits per heavy atom. The van der Waals surface area contributed by atoms with Gasteiger partial charge in [0.1, 0.15) is 5.75 Å². The van der Waals surface area contributed by atoms with E-state index >= 15 is 0 Å². The second-order valence-electron chi connectivity index (χ2n) is 6.10. The molecule has 1 aromatic carbocycles. The maximum atomic E-state index is 12.4. The van der Waals surface area contributed by atoms with Gasteiger partial charge in [-0.3, -0.25) is 9.48 Å². The normalized spacial score (nSPS) is 14.8. The van der Waals surface area contributed by atoms with Crippen LogP contribution >= 0.6 is 0 Å². The lowest BCUT2D eigenvalue weighted by atomic mass is 10.2. The molecule has 0 radical (unpaired) electrons. The SMILES string of the molecule is COc1cccc(N2CCN(C(=O)CCn3cc(C)cn3)CC2)c1. The van der Waals surface area contributed by atoms with Gasteiger partial charge in [0.15, 0.2) is 0 Å². The number of aryl methyl sites for hydroxylation is 2. The molecule has 6 heteroatoms. The van der Waals surface area contributed by atoms with Gasteiger partial charge in [-0.05, 0) is 24.6 Å². The van der Waals surface area contributed by atoms with Crippen LogP contribution in [0.3, 0.4) is 0 Å². The number of methoxy groups -OCH3 is 1. The predicted octanol–water partition coefficient (Wildman–Crippen LogP) is 1.94. The van der Waals surface area contributed by atoms with Gasteiger partial charge in [-0.2, -0.15) is 5.10 Å². The molecule has 1 fully saturated rings. The number of aromatic nitrogens is 2. The fourth-order valence-corrected chi connectivity index (χ4v) is 2.98. The van der Waals surface area contributed by atoms with Crippen molar-refractivity contribution in [1.29, 1.82) is 0 Å². The average Bonchev–Trinajstić information content (AvgIpc) is 3.05. The van der Waals surface area contributed by atoms with Crippen LogP contribution in [0.5, 0.6) is 5.75 Å². The van der Waals surface area contributed by atoms with E-state index in [-0.39, 0.29) is 5.91 Å². The minimum atomic E-state index is 0.202. The molecule has 1 aromatic heterocycles. The first-order chi connectivity index (χ1) is 11.7. The zero-order valence-corrected chi connectivity index (χ0v) is 14.3. The summed E-state index contributed by atoms with van der Waals surface area (Å²) in [6, 6.07) is 8.07. The van der Waals surface area contributed by atoms with Gasteiger partial charge in [-0.15, -0.1) is 0 Å². The number of carbonyl (C=O) groups is 1. The smallest absolute Gasteiger partial charge is 0.224 e. The summed E-state index contributed by atoms with van der Waals surface area (Å²) in [4.78, 5) is 16.6. The molecular formula is C18H24N4O2. The second-order valence-corrected chi connectivity index (χ2v) is 6.10. The first-order valence-corrected chi connectivity index (χ1v) is 8.31. The van der Waals surface area contributed by atoms with Crippen molar-refractivity contribution in [3.05, 3.63) is 42.2 Å². The Labute approximate surface area is 142 Å². The van der Waals surface area contributed by atoms with Gasteiger partial charge in [0, 0.05) is 57.1 Å². The third kappa shape index (κ3) is 3.88. The van der Waals surface area contributed by atoms with Crippen molar-refractivity contribution in [1.82, 2.24) is 14.7 Å². The number of carbonyl (C=O) groups excluding carboxylic acids is 1. The second kappa shape index (κ2) is 7.38. The molecule has 2 aromatic rings. The Kier molecular flexibility index (Phi) is 5.03. The van der Waals surface area contributed by atoms with Crippen LogP contribution in [0.15, 0.2) is 36.7 Å². The summed E-state index contributed by atoms with van der Waals surface area (Å²) >= 11 is 0. The van der Waals surface area contributed by atoms with Gasteiger partial charge in [0.2, 0.25) is 5.91 Å². The van der Waals surface area contributed by atoms with Crippen molar-refractivity contribution in [3.8, 4) is 5.75 Å². The minimum absolute atomic E-state index is 0.202. The van der Waals surface area contributed by atoms with E-state index < -0.39 is 0 Å². The summed E-state index contributed by atoms with van der Waals surface area (Å²) in [7, 11) is 1.68. The lowest BCUT2D eigenvalue weighted by Gasteiger charge is -2.36. The van der Waals surface area contributed by atoms with E-state index in [2.05, 4.69) is 16.1 Å². The van der Waals surface area contributed by atoms with E-state index in [0.717, 1.165) is 43.2 Å². The summed E-state index contributed by atoms with van der Waals surface area (Å²) in [6.07, 6.45) is 4.28. The zero-order valence-electron chi connectivity index (χ0n) is 14.3. The third-order valence-electron chi connectivity index (χ3n) is 4.37. The van der Waals surface area contributed by atoms with Crippen molar-refractivity contribution in [2.75, 3.05) is 38.2 Å². The van der Waals surface area contributed by atoms with E-state index in [4.69, 9.17) is 4.74 Å². The van der Waals surface area contributed by atoms with E-state index in [0.29, 0.717) is 13.0 Å². The molecule has 1 aliphatic heterocycles. The van der Waals surface area contributed by atoms with E-state index in [1.54, 1.807) is 7.11 Å². The molecule has 0 bridgehead atoms. The van der Waals surface area contributed by atoms with Gasteiger partial charge in [-0.25, -0.2) is 0 Å². The van der Waals surface area contributed by atoms with Crippen LogP contribution in [-0.4, -0.2) is 53.9 Å². The molecule has 0 N–H and O–H groups in total. The first kappa shape index (κ1) is 16.4. The van der Waals surface area contributed by atoms with Crippen molar-refractivity contribution in [2.24, 2.45) is 0 Å². The Morgan fingerprint density at radius 1 is 1.25 bits per heavy atom. The van der Waals surface area contributed by atoms with Crippen molar-refractivity contribution in [3.63, 3.8) is 0 Å². The number of rotatable bonds is 5. The summed E-state index contributed by atoms with van der Waals surface area (Å²) < 4.78 is 7.11. The van der Waals surface area contributed by atoms with Crippen molar-refractivity contribution in [2.45, 2.75) is 19.9 Å². The third-order valence-corrected chi connectivity index (χ3v) is 4.37. The lowest BCUT2D eigenvalue weighted by molar-refractivity contribution is -0.131. The molecule has 0 spiro atoms. The molecule has 1 aliphatic rings. The lowest BCUT2D eigenvalue weighted by Crippen LogP contribution is -2.49. The number of anilines is 1. The van der Waals surface area contributed by atoms with Gasteiger partial charge in [0.05, 0.1) is 13.3 Å². The maximum Gasteiger partial charge on any atom is 0.224 e. The Hall–Kier alpha value is -2.50. The van der Waals surface area contributed by atoms with E-state index in [9.17, 15) is 4.79 Å². The summed E-state index contributed by atoms with van der Waals surface area (Å²) in [5, 5.41) is 4.23. The number of amides is 1. The highest BCUT2D eigenvalue weighted by Crippen LogP contribution is 2.22. The molecule has 0 aliphatic carbocycles. The van der Waals surface area contributed by atoms with Crippen molar-refractivity contribution >= 4 is 11.6 Å². The van der Waals surface area contributed by atoms with Crippen LogP contribution in [0, 0.1) is 6.92 Å². The molecule has 2 heterocycles. The van der Waals surface area contributed by atoms with Gasteiger partial charge < -0.3 is 14.5 Å². The van der Waals surface area contributed by atoms with Crippen LogP contribution in [0.25, 0.3) is 0 Å². The minimum Gasteiger partial charge on any atom is -0.497 e. The molecule has 0 atom stereocenters. The number of hydrogen-bond acceptors (Lipinski definition) is 4. The molecule has 6 nitrogen and oxygen atoms in total. The fourth-order valence-electron chi connectivity index (χ4n) is 2.98. The van der Waals surface area contributed by atoms with E-state index in [1.165, 1.54) is 0 Å². The molecule has 128 valence electrons. The molecule has 3 rings (SSSR count). The maximum absolute atomic E-state index is 12.4. The predicted molar refractivity (Wildman–Crippen MR) is 93.4 cm³/mol. The Balaban J connectivity index is 1.49. The summed E-state index contributed by atoms with van der Waals surface area (Å²) in [6.45, 7) is 5.85. The van der Waals surface area contributed by atoms with Crippen molar-refractivity contribution < 1.29 is 9.53 Å². The van der Waals surface area contributed by atoms with Crippen LogP contribution in [0.4, 0.5) is 5.69 Å². The van der Waals surface area contributed by atoms with E-state index in [1.807, 2.05) is 47.1 Å². The van der Waals surface area contributed by atoms with Crippen LogP contribution in [0.1, 0.15) is 12.0 Å². The first-order valence-electron chi connectivity index (χ1n) is 8.31. The van der Waals surface area contributed by atoms with Crippen LogP contribution in [0.2, 0.25) is 0 Å². The van der Waals surface area contributed by atoms with Crippen LogP contribution < -0.4 is 9.64 Å². The largest absolute Gasteiger partial charge is 0.497 e. The topological polar surface area (TPSA) is 50.6 Å². The highest BCUT2D eigenvalue weighted by atomic mass is 16.5. The Morgan fingerprint density at radius 3 is 2.71 bits per heavy atom. The number of nitrogens with zero attached hydrogens (tertiary/aromatic N) is 4. The molecule has 0 unspecified atom stereocenters. The molecule has 24 heavy (non-hydrogen) atoms. The fraction of sp³-hybridized carbons (Fsp3) is 0.444. The van der Waals surface area contributed by atoms with Gasteiger partial charge in [0.25, 0.3) is 0 Å². The monoisotopic (exact) mass is 328 g/mol. The van der Waals surface area contributed by atoms with Gasteiger partial charge in [-0.1, -0.05) is 6.07 Å². The number of piperazine rings is 1. The Bertz CT molecular complexity index is 690. The molecule has 1 amide bonds. The molecular weight excluding hydrogens is 304 g/mol. The number of benzene rings is 1. The highest BCUT2D eigenvalue weighted by molar-refractivity contribution is 5.76. The quantitative estimate of drug-likeness (QED) is 0.842. The number of ether oxygens (including phenoxy) is 1. The van der Waals surface area contributed by atoms with Gasteiger partial charge >= 0.3 is 0 Å². The molecule has 1 saturated heterocycles. The highest BCUT2D eigenvalue weighted by Gasteiger charge is 2.21. The average molecular weight is 328 g/mol.